The van der Waals surface area contributed by atoms with Crippen molar-refractivity contribution < 1.29 is 14.4 Å². The molecule has 106 valence electrons. The molecule has 7 heteroatoms. The Morgan fingerprint density at radius 2 is 2.10 bits per heavy atom. The number of rotatable bonds is 3. The lowest BCUT2D eigenvalue weighted by Crippen LogP contribution is -2.28. The number of nitrogens with one attached hydrogen (secondary N) is 1. The number of hydrogen-bond acceptors (Lipinski definition) is 6. The van der Waals surface area contributed by atoms with E-state index in [-0.39, 0.29) is 17.8 Å². The fourth-order valence-electron chi connectivity index (χ4n) is 2.48. The van der Waals surface area contributed by atoms with Gasteiger partial charge in [-0.1, -0.05) is 0 Å². The highest BCUT2D eigenvalue weighted by Gasteiger charge is 2.21. The first-order valence-electron chi connectivity index (χ1n) is 6.61. The first-order valence-corrected chi connectivity index (χ1v) is 6.61. The van der Waals surface area contributed by atoms with E-state index in [1.54, 1.807) is 6.07 Å². The maximum atomic E-state index is 10.7. The van der Waals surface area contributed by atoms with Crippen LogP contribution in [0, 0.1) is 10.1 Å². The molecule has 7 nitrogen and oxygen atoms in total. The van der Waals surface area contributed by atoms with E-state index in [0.717, 1.165) is 25.7 Å². The van der Waals surface area contributed by atoms with Gasteiger partial charge < -0.3 is 14.8 Å². The molecule has 0 saturated heterocycles. The molecule has 20 heavy (non-hydrogen) atoms. The lowest BCUT2D eigenvalue weighted by Gasteiger charge is -2.25. The van der Waals surface area contributed by atoms with Crippen LogP contribution in [0.5, 0.6) is 0 Å². The molecular weight excluding hydrogens is 262 g/mol. The van der Waals surface area contributed by atoms with Crippen molar-refractivity contribution >= 4 is 22.8 Å². The highest BCUT2D eigenvalue weighted by Crippen LogP contribution is 2.26. The molecule has 0 radical (unpaired) electrons. The number of oxazole rings is 1. The Morgan fingerprint density at radius 3 is 2.80 bits per heavy atom. The molecule has 1 heterocycles. The highest BCUT2D eigenvalue weighted by molar-refractivity contribution is 5.77. The second kappa shape index (κ2) is 5.09. The van der Waals surface area contributed by atoms with Crippen molar-refractivity contribution in [2.24, 2.45) is 0 Å². The summed E-state index contributed by atoms with van der Waals surface area (Å²) in [4.78, 5) is 14.5. The molecule has 1 aromatic carbocycles. The molecule has 0 atom stereocenters. The molecular formula is C13H15N3O4. The highest BCUT2D eigenvalue weighted by atomic mass is 16.6. The second-order valence-electron chi connectivity index (χ2n) is 5.08. The third-order valence-corrected chi connectivity index (χ3v) is 3.61. The van der Waals surface area contributed by atoms with Crippen molar-refractivity contribution in [1.29, 1.82) is 0 Å². The standard InChI is InChI=1S/C13H15N3O4/c17-10-4-1-8(2-5-10)14-13-15-11-6-3-9(16(18)19)7-12(11)20-13/h3,6-8,10,17H,1-2,4-5H2,(H,14,15). The lowest BCUT2D eigenvalue weighted by molar-refractivity contribution is -0.384. The van der Waals surface area contributed by atoms with Crippen LogP contribution in [0.4, 0.5) is 11.7 Å². The summed E-state index contributed by atoms with van der Waals surface area (Å²) >= 11 is 0. The number of nitrogens with zero attached hydrogens (tertiary/aromatic N) is 2. The molecule has 0 aliphatic heterocycles. The number of benzene rings is 1. The van der Waals surface area contributed by atoms with Gasteiger partial charge in [0.15, 0.2) is 5.58 Å². The van der Waals surface area contributed by atoms with Gasteiger partial charge in [-0.3, -0.25) is 10.1 Å². The predicted molar refractivity (Wildman–Crippen MR) is 72.5 cm³/mol. The maximum absolute atomic E-state index is 10.7. The molecule has 1 fully saturated rings. The average molecular weight is 277 g/mol. The van der Waals surface area contributed by atoms with Crippen molar-refractivity contribution in [1.82, 2.24) is 4.98 Å². The molecule has 2 N–H and O–H groups in total. The van der Waals surface area contributed by atoms with E-state index >= 15 is 0 Å². The fourth-order valence-corrected chi connectivity index (χ4v) is 2.48. The van der Waals surface area contributed by atoms with Crippen LogP contribution in [0.1, 0.15) is 25.7 Å². The number of nitro groups is 1. The number of aliphatic hydroxyl groups is 1. The molecule has 1 aromatic heterocycles. The molecule has 1 aliphatic rings. The van der Waals surface area contributed by atoms with Gasteiger partial charge in [0.1, 0.15) is 5.52 Å². The van der Waals surface area contributed by atoms with E-state index < -0.39 is 4.92 Å². The zero-order valence-corrected chi connectivity index (χ0v) is 10.8. The van der Waals surface area contributed by atoms with Gasteiger partial charge in [0.25, 0.3) is 11.7 Å². The topological polar surface area (TPSA) is 101 Å². The van der Waals surface area contributed by atoms with E-state index in [1.165, 1.54) is 12.1 Å². The Balaban J connectivity index is 1.77. The zero-order chi connectivity index (χ0) is 14.1. The smallest absolute Gasteiger partial charge is 0.295 e. The second-order valence-corrected chi connectivity index (χ2v) is 5.08. The minimum Gasteiger partial charge on any atom is -0.423 e. The summed E-state index contributed by atoms with van der Waals surface area (Å²) < 4.78 is 5.50. The predicted octanol–water partition coefficient (Wildman–Crippen LogP) is 2.45. The van der Waals surface area contributed by atoms with Gasteiger partial charge in [-0.05, 0) is 31.7 Å². The van der Waals surface area contributed by atoms with E-state index in [1.807, 2.05) is 0 Å². The van der Waals surface area contributed by atoms with E-state index in [9.17, 15) is 15.2 Å². The average Bonchev–Trinajstić information content (AvgIpc) is 2.82. The van der Waals surface area contributed by atoms with Crippen LogP contribution in [-0.4, -0.2) is 27.2 Å². The van der Waals surface area contributed by atoms with Gasteiger partial charge in [-0.25, -0.2) is 0 Å². The van der Waals surface area contributed by atoms with Gasteiger partial charge in [0, 0.05) is 12.1 Å². The fraction of sp³-hybridized carbons (Fsp3) is 0.462. The quantitative estimate of drug-likeness (QED) is 0.660. The lowest BCUT2D eigenvalue weighted by atomic mass is 9.93. The molecule has 0 amide bonds. The van der Waals surface area contributed by atoms with Crippen LogP contribution in [0.15, 0.2) is 22.6 Å². The van der Waals surface area contributed by atoms with Gasteiger partial charge in [-0.15, -0.1) is 0 Å². The third kappa shape index (κ3) is 2.57. The largest absolute Gasteiger partial charge is 0.423 e. The normalized spacial score (nSPS) is 22.9. The van der Waals surface area contributed by atoms with Crippen LogP contribution in [-0.2, 0) is 0 Å². The van der Waals surface area contributed by atoms with Gasteiger partial charge >= 0.3 is 0 Å². The van der Waals surface area contributed by atoms with Crippen LogP contribution in [0.25, 0.3) is 11.1 Å². The number of hydrogen-bond donors (Lipinski definition) is 2. The van der Waals surface area contributed by atoms with Crippen molar-refractivity contribution in [2.45, 2.75) is 37.8 Å². The summed E-state index contributed by atoms with van der Waals surface area (Å²) in [7, 11) is 0. The number of aliphatic hydroxyl groups excluding tert-OH is 1. The molecule has 0 spiro atoms. The molecule has 0 bridgehead atoms. The van der Waals surface area contributed by atoms with Crippen molar-refractivity contribution in [3.8, 4) is 0 Å². The summed E-state index contributed by atoms with van der Waals surface area (Å²) in [6.07, 6.45) is 3.05. The Labute approximate surface area is 114 Å². The Hall–Kier alpha value is -2.15. The van der Waals surface area contributed by atoms with Gasteiger partial charge in [-0.2, -0.15) is 4.98 Å². The number of anilines is 1. The zero-order valence-electron chi connectivity index (χ0n) is 10.8. The first-order chi connectivity index (χ1) is 9.61. The Bertz CT molecular complexity index is 632. The number of fused-ring (bicyclic) bond motifs is 1. The number of aromatic nitrogens is 1. The minimum absolute atomic E-state index is 0.0130. The van der Waals surface area contributed by atoms with Crippen molar-refractivity contribution in [2.75, 3.05) is 5.32 Å². The summed E-state index contributed by atoms with van der Waals surface area (Å²) in [6, 6.07) is 4.96. The Kier molecular flexibility index (Phi) is 3.27. The monoisotopic (exact) mass is 277 g/mol. The van der Waals surface area contributed by atoms with Crippen LogP contribution < -0.4 is 5.32 Å². The third-order valence-electron chi connectivity index (χ3n) is 3.61. The van der Waals surface area contributed by atoms with E-state index in [4.69, 9.17) is 4.42 Å². The van der Waals surface area contributed by atoms with E-state index in [0.29, 0.717) is 17.1 Å². The van der Waals surface area contributed by atoms with Crippen LogP contribution in [0.3, 0.4) is 0 Å². The van der Waals surface area contributed by atoms with Crippen molar-refractivity contribution in [3.63, 3.8) is 0 Å². The van der Waals surface area contributed by atoms with Crippen LogP contribution in [0.2, 0.25) is 0 Å². The summed E-state index contributed by atoms with van der Waals surface area (Å²) in [5, 5.41) is 23.3. The number of non-ortho nitro benzene ring substituents is 1. The minimum atomic E-state index is -0.461. The molecule has 3 rings (SSSR count). The summed E-state index contributed by atoms with van der Waals surface area (Å²) in [5.74, 6) is 0. The molecule has 0 unspecified atom stereocenters. The summed E-state index contributed by atoms with van der Waals surface area (Å²) in [5.41, 5.74) is 0.979. The Morgan fingerprint density at radius 1 is 1.35 bits per heavy atom. The van der Waals surface area contributed by atoms with Gasteiger partial charge in [0.2, 0.25) is 0 Å². The molecule has 1 saturated carbocycles. The first kappa shape index (κ1) is 12.9. The van der Waals surface area contributed by atoms with E-state index in [2.05, 4.69) is 10.3 Å². The molecule has 1 aliphatic carbocycles. The maximum Gasteiger partial charge on any atom is 0.295 e. The molecule has 2 aromatic rings. The van der Waals surface area contributed by atoms with Crippen molar-refractivity contribution in [3.05, 3.63) is 28.3 Å². The SMILES string of the molecule is O=[N+]([O-])c1ccc2nc(NC3CCC(O)CC3)oc2c1. The summed E-state index contributed by atoms with van der Waals surface area (Å²) in [6.45, 7) is 0. The van der Waals surface area contributed by atoms with Crippen LogP contribution >= 0.6 is 0 Å². The van der Waals surface area contributed by atoms with Gasteiger partial charge in [0.05, 0.1) is 17.1 Å². The number of nitro benzene ring substituents is 1.